The fraction of sp³-hybridized carbons (Fsp3) is 0.389. The van der Waals surface area contributed by atoms with Gasteiger partial charge in [-0.15, -0.1) is 0 Å². The van der Waals surface area contributed by atoms with Crippen LogP contribution in [0.3, 0.4) is 0 Å². The summed E-state index contributed by atoms with van der Waals surface area (Å²) < 4.78 is 6.81. The van der Waals surface area contributed by atoms with Gasteiger partial charge in [-0.2, -0.15) is 0 Å². The van der Waals surface area contributed by atoms with Crippen molar-refractivity contribution < 1.29 is 9.53 Å². The summed E-state index contributed by atoms with van der Waals surface area (Å²) >= 11 is 5.95. The number of methoxy groups -OCH3 is 1. The van der Waals surface area contributed by atoms with Crippen molar-refractivity contribution in [2.45, 2.75) is 34.2 Å². The van der Waals surface area contributed by atoms with Crippen molar-refractivity contribution in [1.82, 2.24) is 4.57 Å². The number of allylic oxidation sites excluding steroid dienone is 5. The minimum absolute atomic E-state index is 0.339. The Morgan fingerprint density at radius 3 is 2.59 bits per heavy atom. The third-order valence-corrected chi connectivity index (χ3v) is 3.43. The van der Waals surface area contributed by atoms with Crippen molar-refractivity contribution in [3.05, 3.63) is 52.9 Å². The Bertz CT molecular complexity index is 621. The molecular formula is C18H24ClNO2. The van der Waals surface area contributed by atoms with Gasteiger partial charge in [0, 0.05) is 23.3 Å². The molecule has 0 spiro atoms. The Kier molecular flexibility index (Phi) is 6.69. The van der Waals surface area contributed by atoms with E-state index in [4.69, 9.17) is 16.3 Å². The second-order valence-electron chi connectivity index (χ2n) is 5.63. The van der Waals surface area contributed by atoms with Crippen molar-refractivity contribution in [2.75, 3.05) is 7.11 Å². The molecule has 0 fully saturated rings. The van der Waals surface area contributed by atoms with E-state index in [0.717, 1.165) is 23.3 Å². The average molecular weight is 322 g/mol. The first-order valence-corrected chi connectivity index (χ1v) is 7.66. The summed E-state index contributed by atoms with van der Waals surface area (Å²) in [6, 6.07) is 1.84. The number of hydrogen-bond acceptors (Lipinski definition) is 2. The Morgan fingerprint density at radius 2 is 2.14 bits per heavy atom. The number of rotatable bonds is 6. The van der Waals surface area contributed by atoms with Crippen molar-refractivity contribution in [2.24, 2.45) is 5.92 Å². The minimum atomic E-state index is -0.339. The van der Waals surface area contributed by atoms with Gasteiger partial charge in [0.1, 0.15) is 5.69 Å². The van der Waals surface area contributed by atoms with Gasteiger partial charge in [0.05, 0.1) is 7.11 Å². The zero-order chi connectivity index (χ0) is 16.9. The van der Waals surface area contributed by atoms with Crippen LogP contribution in [0, 0.1) is 5.92 Å². The van der Waals surface area contributed by atoms with E-state index in [1.165, 1.54) is 7.11 Å². The van der Waals surface area contributed by atoms with Gasteiger partial charge in [-0.05, 0) is 43.1 Å². The van der Waals surface area contributed by atoms with Crippen LogP contribution in [-0.2, 0) is 11.3 Å². The molecule has 22 heavy (non-hydrogen) atoms. The first kappa shape index (κ1) is 18.3. The van der Waals surface area contributed by atoms with Crippen molar-refractivity contribution in [3.63, 3.8) is 0 Å². The predicted octanol–water partition coefficient (Wildman–Crippen LogP) is 5.03. The maximum absolute atomic E-state index is 12.0. The molecule has 1 heterocycles. The smallest absolute Gasteiger partial charge is 0.354 e. The van der Waals surface area contributed by atoms with Crippen LogP contribution in [0.1, 0.15) is 43.7 Å². The molecule has 1 rings (SSSR count). The number of ether oxygens (including phenoxy) is 1. The lowest BCUT2D eigenvalue weighted by Crippen LogP contribution is -2.12. The molecule has 0 saturated carbocycles. The van der Waals surface area contributed by atoms with Gasteiger partial charge in [0.15, 0.2) is 0 Å². The highest BCUT2D eigenvalue weighted by atomic mass is 35.5. The maximum Gasteiger partial charge on any atom is 0.354 e. The summed E-state index contributed by atoms with van der Waals surface area (Å²) in [6.07, 6.45) is 5.78. The Morgan fingerprint density at radius 1 is 1.50 bits per heavy atom. The van der Waals surface area contributed by atoms with E-state index in [2.05, 4.69) is 20.4 Å². The Labute approximate surface area is 137 Å². The lowest BCUT2D eigenvalue weighted by molar-refractivity contribution is 0.0587. The van der Waals surface area contributed by atoms with E-state index in [1.54, 1.807) is 0 Å². The number of carbonyl (C=O) groups is 1. The molecule has 0 atom stereocenters. The number of halogens is 1. The summed E-state index contributed by atoms with van der Waals surface area (Å²) in [5, 5.41) is 0.451. The molecule has 0 N–H and O–H groups in total. The monoisotopic (exact) mass is 321 g/mol. The fourth-order valence-corrected chi connectivity index (χ4v) is 2.32. The number of carbonyl (C=O) groups excluding carboxylic acids is 1. The zero-order valence-electron chi connectivity index (χ0n) is 13.9. The maximum atomic E-state index is 12.0. The highest BCUT2D eigenvalue weighted by molar-refractivity contribution is 6.31. The molecular weight excluding hydrogens is 298 g/mol. The predicted molar refractivity (Wildman–Crippen MR) is 93.0 cm³/mol. The summed E-state index contributed by atoms with van der Waals surface area (Å²) in [4.78, 5) is 12.0. The molecule has 0 aliphatic heterocycles. The standard InChI is InChI=1S/C18H24ClNO2/c1-7-13(4)16(8-14(5)19)15-9-17(18(21)22-6)20(11-15)10-12(2)3/h7-9,11-12H,5,10H2,1-4,6H3/b13-7-,16-8+. The quantitative estimate of drug-likeness (QED) is 0.543. The lowest BCUT2D eigenvalue weighted by atomic mass is 10.0. The molecule has 0 aliphatic carbocycles. The van der Waals surface area contributed by atoms with Gasteiger partial charge >= 0.3 is 5.97 Å². The van der Waals surface area contributed by atoms with Crippen molar-refractivity contribution in [3.8, 4) is 0 Å². The third-order valence-electron chi connectivity index (χ3n) is 3.32. The van der Waals surface area contributed by atoms with Crippen LogP contribution in [0.25, 0.3) is 5.57 Å². The van der Waals surface area contributed by atoms with Crippen LogP contribution < -0.4 is 0 Å². The highest BCUT2D eigenvalue weighted by Crippen LogP contribution is 2.27. The van der Waals surface area contributed by atoms with Gasteiger partial charge in [0.25, 0.3) is 0 Å². The largest absolute Gasteiger partial charge is 0.464 e. The lowest BCUT2D eigenvalue weighted by Gasteiger charge is -2.10. The molecule has 0 aliphatic rings. The van der Waals surface area contributed by atoms with Crippen LogP contribution in [0.15, 0.2) is 41.6 Å². The zero-order valence-corrected chi connectivity index (χ0v) is 14.7. The van der Waals surface area contributed by atoms with E-state index >= 15 is 0 Å². The van der Waals surface area contributed by atoms with Crippen LogP contribution in [-0.4, -0.2) is 17.6 Å². The van der Waals surface area contributed by atoms with Crippen molar-refractivity contribution >= 4 is 23.1 Å². The van der Waals surface area contributed by atoms with E-state index in [0.29, 0.717) is 16.6 Å². The SMILES string of the molecule is C=C(Cl)/C=C(\C(C)=C/C)c1cc(C(=O)OC)n(CC(C)C)c1. The average Bonchev–Trinajstić information content (AvgIpc) is 2.85. The van der Waals surface area contributed by atoms with E-state index < -0.39 is 0 Å². The summed E-state index contributed by atoms with van der Waals surface area (Å²) in [5.41, 5.74) is 3.50. The molecule has 3 nitrogen and oxygen atoms in total. The number of aromatic nitrogens is 1. The van der Waals surface area contributed by atoms with Gasteiger partial charge in [-0.3, -0.25) is 0 Å². The summed E-state index contributed by atoms with van der Waals surface area (Å²) in [6.45, 7) is 12.7. The molecule has 0 bridgehead atoms. The van der Waals surface area contributed by atoms with Gasteiger partial charge in [-0.1, -0.05) is 38.1 Å². The highest BCUT2D eigenvalue weighted by Gasteiger charge is 2.17. The number of hydrogen-bond donors (Lipinski definition) is 0. The Balaban J connectivity index is 3.43. The van der Waals surface area contributed by atoms with Gasteiger partial charge < -0.3 is 9.30 Å². The summed E-state index contributed by atoms with van der Waals surface area (Å²) in [7, 11) is 1.39. The molecule has 0 aromatic carbocycles. The topological polar surface area (TPSA) is 31.2 Å². The van der Waals surface area contributed by atoms with Crippen LogP contribution in [0.5, 0.6) is 0 Å². The van der Waals surface area contributed by atoms with Crippen molar-refractivity contribution in [1.29, 1.82) is 0 Å². The molecule has 0 unspecified atom stereocenters. The van der Waals surface area contributed by atoms with E-state index in [9.17, 15) is 4.79 Å². The molecule has 0 saturated heterocycles. The summed E-state index contributed by atoms with van der Waals surface area (Å²) in [5.74, 6) is 0.0796. The van der Waals surface area contributed by atoms with Gasteiger partial charge in [-0.25, -0.2) is 4.79 Å². The minimum Gasteiger partial charge on any atom is -0.464 e. The normalized spacial score (nSPS) is 12.7. The molecule has 4 heteroatoms. The van der Waals surface area contributed by atoms with Gasteiger partial charge in [0.2, 0.25) is 0 Å². The third kappa shape index (κ3) is 4.63. The van der Waals surface area contributed by atoms with Crippen LogP contribution in [0.2, 0.25) is 0 Å². The Hall–Kier alpha value is -1.74. The first-order valence-electron chi connectivity index (χ1n) is 7.28. The van der Waals surface area contributed by atoms with Crippen LogP contribution in [0.4, 0.5) is 0 Å². The first-order chi connectivity index (χ1) is 10.3. The van der Waals surface area contributed by atoms with Crippen LogP contribution >= 0.6 is 11.6 Å². The molecule has 0 amide bonds. The van der Waals surface area contributed by atoms with E-state index in [1.807, 2.05) is 42.8 Å². The van der Waals surface area contributed by atoms with E-state index in [-0.39, 0.29) is 5.97 Å². The number of nitrogens with zero attached hydrogens (tertiary/aromatic N) is 1. The molecule has 1 aromatic rings. The molecule has 1 aromatic heterocycles. The molecule has 120 valence electrons. The molecule has 0 radical (unpaired) electrons. The second-order valence-corrected chi connectivity index (χ2v) is 6.11. The number of esters is 1. The fourth-order valence-electron chi connectivity index (χ4n) is 2.21. The second kappa shape index (κ2) is 8.04.